The fourth-order valence-electron chi connectivity index (χ4n) is 2.30. The number of carbonyl (C=O) groups excluding carboxylic acids is 1. The molecule has 1 aromatic carbocycles. The summed E-state index contributed by atoms with van der Waals surface area (Å²) in [5.41, 5.74) is 6.73. The molecule has 0 radical (unpaired) electrons. The fourth-order valence-corrected chi connectivity index (χ4v) is 2.30. The summed E-state index contributed by atoms with van der Waals surface area (Å²) in [6.07, 6.45) is -4.27. The maximum absolute atomic E-state index is 12.4. The molecule has 98 valence electrons. The SMILES string of the molecule is NC(=O)C1CN(CC(F)(F)F)Cc2ccccc21. The van der Waals surface area contributed by atoms with Gasteiger partial charge in [-0.05, 0) is 11.1 Å². The number of primary amides is 1. The Morgan fingerprint density at radius 1 is 1.39 bits per heavy atom. The number of benzene rings is 1. The zero-order valence-corrected chi connectivity index (χ0v) is 9.57. The van der Waals surface area contributed by atoms with Crippen molar-refractivity contribution in [3.8, 4) is 0 Å². The van der Waals surface area contributed by atoms with Gasteiger partial charge in [0.25, 0.3) is 0 Å². The van der Waals surface area contributed by atoms with E-state index in [1.54, 1.807) is 24.3 Å². The molecule has 1 aliphatic rings. The van der Waals surface area contributed by atoms with Crippen LogP contribution in [0.1, 0.15) is 17.0 Å². The first-order valence-electron chi connectivity index (χ1n) is 5.53. The van der Waals surface area contributed by atoms with E-state index >= 15 is 0 Å². The van der Waals surface area contributed by atoms with Crippen LogP contribution in [-0.4, -0.2) is 30.1 Å². The Hall–Kier alpha value is -1.56. The zero-order chi connectivity index (χ0) is 13.3. The average Bonchev–Trinajstić information content (AvgIpc) is 2.25. The Kier molecular flexibility index (Phi) is 3.30. The Labute approximate surface area is 102 Å². The smallest absolute Gasteiger partial charge is 0.369 e. The number of fused-ring (bicyclic) bond motifs is 1. The van der Waals surface area contributed by atoms with Crippen LogP contribution in [0, 0.1) is 0 Å². The third-order valence-electron chi connectivity index (χ3n) is 3.01. The van der Waals surface area contributed by atoms with E-state index in [0.717, 1.165) is 11.1 Å². The molecule has 18 heavy (non-hydrogen) atoms. The van der Waals surface area contributed by atoms with Gasteiger partial charge in [-0.2, -0.15) is 13.2 Å². The summed E-state index contributed by atoms with van der Waals surface area (Å²) < 4.78 is 37.2. The van der Waals surface area contributed by atoms with Gasteiger partial charge in [-0.1, -0.05) is 24.3 Å². The molecule has 1 atom stereocenters. The van der Waals surface area contributed by atoms with Crippen LogP contribution in [0.5, 0.6) is 0 Å². The summed E-state index contributed by atoms with van der Waals surface area (Å²) in [6.45, 7) is -0.809. The Morgan fingerprint density at radius 2 is 2.06 bits per heavy atom. The van der Waals surface area contributed by atoms with Crippen molar-refractivity contribution in [3.63, 3.8) is 0 Å². The largest absolute Gasteiger partial charge is 0.401 e. The zero-order valence-electron chi connectivity index (χ0n) is 9.57. The minimum Gasteiger partial charge on any atom is -0.369 e. The molecule has 0 bridgehead atoms. The number of rotatable bonds is 2. The first-order chi connectivity index (χ1) is 8.37. The average molecular weight is 258 g/mol. The van der Waals surface area contributed by atoms with Crippen LogP contribution >= 0.6 is 0 Å². The van der Waals surface area contributed by atoms with Crippen LogP contribution < -0.4 is 5.73 Å². The van der Waals surface area contributed by atoms with Gasteiger partial charge in [0.15, 0.2) is 0 Å². The Balaban J connectivity index is 2.26. The molecular weight excluding hydrogens is 245 g/mol. The normalized spacial score (nSPS) is 20.5. The predicted octanol–water partition coefficient (Wildman–Crippen LogP) is 1.63. The van der Waals surface area contributed by atoms with Crippen molar-refractivity contribution in [1.82, 2.24) is 4.90 Å². The second-order valence-corrected chi connectivity index (χ2v) is 4.44. The van der Waals surface area contributed by atoms with Gasteiger partial charge in [0.1, 0.15) is 0 Å². The second-order valence-electron chi connectivity index (χ2n) is 4.44. The highest BCUT2D eigenvalue weighted by Gasteiger charge is 2.36. The minimum atomic E-state index is -4.27. The summed E-state index contributed by atoms with van der Waals surface area (Å²) >= 11 is 0. The number of carbonyl (C=O) groups is 1. The van der Waals surface area contributed by atoms with E-state index in [0.29, 0.717) is 0 Å². The molecule has 0 fully saturated rings. The van der Waals surface area contributed by atoms with Gasteiger partial charge in [-0.15, -0.1) is 0 Å². The van der Waals surface area contributed by atoms with Crippen LogP contribution in [0.4, 0.5) is 13.2 Å². The summed E-state index contributed by atoms with van der Waals surface area (Å²) in [5.74, 6) is -1.26. The highest BCUT2D eigenvalue weighted by molar-refractivity contribution is 5.83. The van der Waals surface area contributed by atoms with E-state index in [9.17, 15) is 18.0 Å². The molecule has 2 rings (SSSR count). The quantitative estimate of drug-likeness (QED) is 0.876. The van der Waals surface area contributed by atoms with E-state index in [1.807, 2.05) is 0 Å². The van der Waals surface area contributed by atoms with Gasteiger partial charge < -0.3 is 5.73 Å². The van der Waals surface area contributed by atoms with Crippen LogP contribution in [0.15, 0.2) is 24.3 Å². The Morgan fingerprint density at radius 3 is 2.67 bits per heavy atom. The van der Waals surface area contributed by atoms with Gasteiger partial charge in [0.2, 0.25) is 5.91 Å². The van der Waals surface area contributed by atoms with Gasteiger partial charge in [-0.25, -0.2) is 0 Å². The van der Waals surface area contributed by atoms with Crippen molar-refractivity contribution in [3.05, 3.63) is 35.4 Å². The first kappa shape index (κ1) is 12.9. The number of hydrogen-bond acceptors (Lipinski definition) is 2. The molecule has 6 heteroatoms. The van der Waals surface area contributed by atoms with Crippen LogP contribution in [0.25, 0.3) is 0 Å². The molecule has 3 nitrogen and oxygen atoms in total. The Bertz CT molecular complexity index is 459. The number of halogens is 3. The summed E-state index contributed by atoms with van der Waals surface area (Å²) in [7, 11) is 0. The van der Waals surface area contributed by atoms with E-state index in [-0.39, 0.29) is 13.1 Å². The van der Waals surface area contributed by atoms with E-state index in [4.69, 9.17) is 5.73 Å². The molecule has 0 aromatic heterocycles. The fraction of sp³-hybridized carbons (Fsp3) is 0.417. The topological polar surface area (TPSA) is 46.3 Å². The van der Waals surface area contributed by atoms with Crippen molar-refractivity contribution in [2.24, 2.45) is 5.73 Å². The van der Waals surface area contributed by atoms with Crippen molar-refractivity contribution < 1.29 is 18.0 Å². The first-order valence-corrected chi connectivity index (χ1v) is 5.53. The molecule has 1 unspecified atom stereocenters. The van der Waals surface area contributed by atoms with Gasteiger partial charge in [0.05, 0.1) is 12.5 Å². The van der Waals surface area contributed by atoms with Gasteiger partial charge >= 0.3 is 6.18 Å². The van der Waals surface area contributed by atoms with E-state index in [2.05, 4.69) is 0 Å². The third kappa shape index (κ3) is 2.81. The van der Waals surface area contributed by atoms with Gasteiger partial charge in [0, 0.05) is 13.1 Å². The molecule has 2 N–H and O–H groups in total. The van der Waals surface area contributed by atoms with Gasteiger partial charge in [-0.3, -0.25) is 9.69 Å². The second kappa shape index (κ2) is 4.61. The molecule has 1 aromatic rings. The highest BCUT2D eigenvalue weighted by atomic mass is 19.4. The van der Waals surface area contributed by atoms with Crippen LogP contribution in [-0.2, 0) is 11.3 Å². The van der Waals surface area contributed by atoms with Crippen molar-refractivity contribution in [1.29, 1.82) is 0 Å². The van der Waals surface area contributed by atoms with E-state index < -0.39 is 24.5 Å². The lowest BCUT2D eigenvalue weighted by Crippen LogP contribution is -2.43. The van der Waals surface area contributed by atoms with Crippen molar-refractivity contribution >= 4 is 5.91 Å². The molecule has 1 amide bonds. The summed E-state index contributed by atoms with van der Waals surface area (Å²) in [4.78, 5) is 12.5. The number of nitrogens with two attached hydrogens (primary N) is 1. The lowest BCUT2D eigenvalue weighted by Gasteiger charge is -2.33. The number of amides is 1. The number of nitrogens with zero attached hydrogens (tertiary/aromatic N) is 1. The maximum Gasteiger partial charge on any atom is 0.401 e. The molecule has 0 saturated heterocycles. The van der Waals surface area contributed by atoms with Crippen molar-refractivity contribution in [2.45, 2.75) is 18.6 Å². The molecule has 0 aliphatic carbocycles. The monoisotopic (exact) mass is 258 g/mol. The molecule has 0 spiro atoms. The third-order valence-corrected chi connectivity index (χ3v) is 3.01. The summed E-state index contributed by atoms with van der Waals surface area (Å²) in [6, 6.07) is 6.98. The number of hydrogen-bond donors (Lipinski definition) is 1. The lowest BCUT2D eigenvalue weighted by molar-refractivity contribution is -0.149. The molecule has 1 aliphatic heterocycles. The maximum atomic E-state index is 12.4. The molecular formula is C12H13F3N2O. The number of alkyl halides is 3. The summed E-state index contributed by atoms with van der Waals surface area (Å²) in [5, 5.41) is 0. The molecule has 1 heterocycles. The van der Waals surface area contributed by atoms with Crippen molar-refractivity contribution in [2.75, 3.05) is 13.1 Å². The minimum absolute atomic E-state index is 0.0197. The molecule has 0 saturated carbocycles. The highest BCUT2D eigenvalue weighted by Crippen LogP contribution is 2.30. The van der Waals surface area contributed by atoms with Crippen LogP contribution in [0.3, 0.4) is 0 Å². The standard InChI is InChI=1S/C12H13F3N2O/c13-12(14,15)7-17-5-8-3-1-2-4-9(8)10(6-17)11(16)18/h1-4,10H,5-7H2,(H2,16,18). The van der Waals surface area contributed by atoms with Crippen LogP contribution in [0.2, 0.25) is 0 Å². The lowest BCUT2D eigenvalue weighted by atomic mass is 9.89. The predicted molar refractivity (Wildman–Crippen MR) is 59.7 cm³/mol. The van der Waals surface area contributed by atoms with E-state index in [1.165, 1.54) is 4.90 Å².